The molecule has 0 aromatic carbocycles. The summed E-state index contributed by atoms with van der Waals surface area (Å²) in [4.78, 5) is 25.8. The second kappa shape index (κ2) is 10.9. The Bertz CT molecular complexity index is 1060. The Morgan fingerprint density at radius 3 is 2.37 bits per heavy atom. The van der Waals surface area contributed by atoms with Gasteiger partial charge < -0.3 is 20.1 Å². The number of aliphatic carboxylic acids is 1. The predicted octanol–water partition coefficient (Wildman–Crippen LogP) is 5.79. The van der Waals surface area contributed by atoms with Crippen LogP contribution in [0.25, 0.3) is 0 Å². The molecule has 6 nitrogen and oxygen atoms in total. The van der Waals surface area contributed by atoms with Crippen LogP contribution in [0, 0.1) is 28.1 Å². The van der Waals surface area contributed by atoms with Crippen LogP contribution < -0.4 is 0 Å². The van der Waals surface area contributed by atoms with Crippen molar-refractivity contribution in [1.82, 2.24) is 0 Å². The van der Waals surface area contributed by atoms with E-state index in [2.05, 4.69) is 13.8 Å². The van der Waals surface area contributed by atoms with E-state index in [4.69, 9.17) is 4.74 Å². The number of carbonyl (C=O) groups is 2. The van der Waals surface area contributed by atoms with Crippen molar-refractivity contribution in [2.45, 2.75) is 105 Å². The van der Waals surface area contributed by atoms with Crippen molar-refractivity contribution in [3.8, 4) is 0 Å². The molecule has 3 rings (SSSR count). The highest BCUT2D eigenvalue weighted by atomic mass is 16.5. The lowest BCUT2D eigenvalue weighted by Gasteiger charge is -2.61. The lowest BCUT2D eigenvalue weighted by molar-refractivity contribution is -0.194. The van der Waals surface area contributed by atoms with E-state index >= 15 is 0 Å². The Kier molecular flexibility index (Phi) is 8.72. The third-order valence-electron chi connectivity index (χ3n) is 10.1. The molecular formula is C32H48O6. The summed E-state index contributed by atoms with van der Waals surface area (Å²) in [5, 5.41) is 31.2. The molecule has 0 heterocycles. The fourth-order valence-corrected chi connectivity index (χ4v) is 7.95. The predicted molar refractivity (Wildman–Crippen MR) is 149 cm³/mol. The van der Waals surface area contributed by atoms with Crippen LogP contribution in [-0.4, -0.2) is 51.5 Å². The van der Waals surface area contributed by atoms with E-state index in [0.29, 0.717) is 25.9 Å². The quantitative estimate of drug-likeness (QED) is 0.272. The molecule has 0 amide bonds. The molecule has 0 aliphatic heterocycles. The first-order chi connectivity index (χ1) is 17.5. The zero-order chi connectivity index (χ0) is 28.7. The van der Waals surface area contributed by atoms with Crippen LogP contribution in [0.5, 0.6) is 0 Å². The number of carbonyl (C=O) groups excluding carboxylic acids is 1. The van der Waals surface area contributed by atoms with Gasteiger partial charge in [-0.2, -0.15) is 0 Å². The van der Waals surface area contributed by atoms with Gasteiger partial charge >= 0.3 is 5.97 Å². The van der Waals surface area contributed by atoms with Gasteiger partial charge in [-0.05, 0) is 90.0 Å². The topological polar surface area (TPSA) is 104 Å². The molecule has 3 N–H and O–H groups in total. The van der Waals surface area contributed by atoms with Crippen molar-refractivity contribution >= 4 is 11.8 Å². The average molecular weight is 529 g/mol. The maximum Gasteiger partial charge on any atom is 0.312 e. The number of carboxylic acid groups (broad SMARTS) is 1. The number of Topliss-reactive ketones (excluding diaryl/α,β-unsaturated/α-hetero) is 1. The molecule has 2 unspecified atom stereocenters. The van der Waals surface area contributed by atoms with E-state index in [0.717, 1.165) is 29.6 Å². The molecule has 212 valence electrons. The highest BCUT2D eigenvalue weighted by Gasteiger charge is 2.67. The first kappa shape index (κ1) is 30.5. The third-order valence-corrected chi connectivity index (χ3v) is 10.1. The van der Waals surface area contributed by atoms with Gasteiger partial charge in [0.15, 0.2) is 5.78 Å². The van der Waals surface area contributed by atoms with Gasteiger partial charge in [0.1, 0.15) is 6.10 Å². The molecule has 38 heavy (non-hydrogen) atoms. The minimum Gasteiger partial charge on any atom is -0.481 e. The molecule has 0 bridgehead atoms. The Balaban J connectivity index is 1.87. The lowest BCUT2D eigenvalue weighted by atomic mass is 9.43. The van der Waals surface area contributed by atoms with Crippen molar-refractivity contribution in [1.29, 1.82) is 0 Å². The van der Waals surface area contributed by atoms with Gasteiger partial charge in [0.2, 0.25) is 0 Å². The van der Waals surface area contributed by atoms with Crippen LogP contribution in [0.2, 0.25) is 0 Å². The number of hydrogen-bond donors (Lipinski definition) is 3. The summed E-state index contributed by atoms with van der Waals surface area (Å²) in [6, 6.07) is 0. The summed E-state index contributed by atoms with van der Waals surface area (Å²) in [5.41, 5.74) is 0.0237. The second-order valence-corrected chi connectivity index (χ2v) is 13.1. The minimum absolute atomic E-state index is 0.0586. The smallest absolute Gasteiger partial charge is 0.312 e. The van der Waals surface area contributed by atoms with E-state index in [1.807, 2.05) is 51.2 Å². The lowest BCUT2D eigenvalue weighted by Crippen LogP contribution is -2.61. The first-order valence-corrected chi connectivity index (χ1v) is 14.1. The van der Waals surface area contributed by atoms with Crippen LogP contribution in [0.3, 0.4) is 0 Å². The van der Waals surface area contributed by atoms with E-state index in [-0.39, 0.29) is 28.4 Å². The number of aliphatic hydroxyl groups is 2. The van der Waals surface area contributed by atoms with Crippen LogP contribution in [0.1, 0.15) is 87.5 Å². The maximum absolute atomic E-state index is 13.5. The number of fused-ring (bicyclic) bond motifs is 3. The molecule has 0 spiro atoms. The van der Waals surface area contributed by atoms with Gasteiger partial charge in [0, 0.05) is 24.0 Å². The Morgan fingerprint density at radius 1 is 1.13 bits per heavy atom. The van der Waals surface area contributed by atoms with Crippen LogP contribution >= 0.6 is 0 Å². The highest BCUT2D eigenvalue weighted by Crippen LogP contribution is 2.69. The minimum atomic E-state index is -1.19. The number of ether oxygens (including phenoxy) is 1. The van der Waals surface area contributed by atoms with Gasteiger partial charge in [-0.1, -0.05) is 49.8 Å². The van der Waals surface area contributed by atoms with E-state index < -0.39 is 29.2 Å². The molecule has 3 fully saturated rings. The van der Waals surface area contributed by atoms with Crippen molar-refractivity contribution < 1.29 is 29.6 Å². The largest absolute Gasteiger partial charge is 0.481 e. The number of carboxylic acids is 1. The standard InChI is InChI=1S/C32H48O6/c1-9-38-26(29(4,5)37)14-13-20(2)11-10-12-21(3)27-22(33)19-24-30(6)18-16-25(34)32(8,28(35)36)23(30)15-17-31(24,27)7/h10-14,23-26,34,37H,9,15-19H2,1-8H3,(H,35,36)/b12-10+,14-13+,20-11+,27-21+/t23?,24-,25+,26?,30-,31-,32+/m0/s1. The van der Waals surface area contributed by atoms with E-state index in [1.54, 1.807) is 20.8 Å². The first-order valence-electron chi connectivity index (χ1n) is 14.1. The van der Waals surface area contributed by atoms with Crippen LogP contribution in [0.4, 0.5) is 0 Å². The highest BCUT2D eigenvalue weighted by molar-refractivity contribution is 6.01. The zero-order valence-electron chi connectivity index (χ0n) is 24.5. The normalized spacial score (nSPS) is 38.4. The van der Waals surface area contributed by atoms with Gasteiger partial charge in [0.05, 0.1) is 17.1 Å². The second-order valence-electron chi connectivity index (χ2n) is 13.1. The summed E-state index contributed by atoms with van der Waals surface area (Å²) >= 11 is 0. The molecule has 0 aromatic rings. The third kappa shape index (κ3) is 5.24. The van der Waals surface area contributed by atoms with Crippen molar-refractivity contribution in [2.75, 3.05) is 6.61 Å². The molecule has 3 aliphatic carbocycles. The van der Waals surface area contributed by atoms with Gasteiger partial charge in [-0.15, -0.1) is 0 Å². The van der Waals surface area contributed by atoms with Crippen LogP contribution in [0.15, 0.2) is 47.1 Å². The Hall–Kier alpha value is -2.02. The number of allylic oxidation sites excluding steroid dienone is 7. The molecule has 0 aromatic heterocycles. The number of ketones is 1. The summed E-state index contributed by atoms with van der Waals surface area (Å²) in [6.07, 6.45) is 11.5. The maximum atomic E-state index is 13.5. The van der Waals surface area contributed by atoms with Gasteiger partial charge in [-0.3, -0.25) is 9.59 Å². The molecular weight excluding hydrogens is 480 g/mol. The fourth-order valence-electron chi connectivity index (χ4n) is 7.95. The summed E-state index contributed by atoms with van der Waals surface area (Å²) < 4.78 is 5.64. The van der Waals surface area contributed by atoms with Crippen molar-refractivity contribution in [2.24, 2.45) is 28.1 Å². The Morgan fingerprint density at radius 2 is 1.79 bits per heavy atom. The fraction of sp³-hybridized carbons (Fsp3) is 0.688. The SMILES string of the molecule is CCOC(/C=C/C(C)=C/C=C/C(C)=C1\C(=O)C[C@H]2[C@@]3(C)CC[C@@H](O)[C@](C)(C(=O)O)C3CC[C@]12C)C(C)(C)O. The summed E-state index contributed by atoms with van der Waals surface area (Å²) in [5.74, 6) is -0.882. The summed E-state index contributed by atoms with van der Waals surface area (Å²) in [6.45, 7) is 15.9. The number of rotatable bonds is 8. The number of hydrogen-bond acceptors (Lipinski definition) is 5. The molecule has 7 atom stereocenters. The molecule has 0 saturated heterocycles. The van der Waals surface area contributed by atoms with E-state index in [1.165, 1.54) is 0 Å². The number of aliphatic hydroxyl groups excluding tert-OH is 1. The summed E-state index contributed by atoms with van der Waals surface area (Å²) in [7, 11) is 0. The molecule has 3 saturated carbocycles. The van der Waals surface area contributed by atoms with Crippen LogP contribution in [-0.2, 0) is 14.3 Å². The zero-order valence-corrected chi connectivity index (χ0v) is 24.5. The van der Waals surface area contributed by atoms with Gasteiger partial charge in [-0.25, -0.2) is 0 Å². The van der Waals surface area contributed by atoms with Crippen molar-refractivity contribution in [3.63, 3.8) is 0 Å². The monoisotopic (exact) mass is 528 g/mol. The molecule has 0 radical (unpaired) electrons. The van der Waals surface area contributed by atoms with Gasteiger partial charge in [0.25, 0.3) is 0 Å². The molecule has 3 aliphatic rings. The molecule has 6 heteroatoms. The average Bonchev–Trinajstić information content (AvgIpc) is 3.09. The van der Waals surface area contributed by atoms with Crippen molar-refractivity contribution in [3.05, 3.63) is 47.1 Å². The Labute approximate surface area is 228 Å². The van der Waals surface area contributed by atoms with E-state index in [9.17, 15) is 24.9 Å².